The minimum Gasteiger partial charge on any atom is -0.332 e. The Morgan fingerprint density at radius 2 is 1.92 bits per heavy atom. The third-order valence-corrected chi connectivity index (χ3v) is 3.25. The van der Waals surface area contributed by atoms with Crippen LogP contribution in [0.4, 0.5) is 0 Å². The van der Waals surface area contributed by atoms with Crippen molar-refractivity contribution in [1.29, 1.82) is 0 Å². The Bertz CT molecular complexity index is 199. The van der Waals surface area contributed by atoms with Crippen LogP contribution in [-0.2, 0) is 4.79 Å². The van der Waals surface area contributed by atoms with E-state index < -0.39 is 0 Å². The number of rotatable bonds is 1. The summed E-state index contributed by atoms with van der Waals surface area (Å²) in [4.78, 5) is 15.5. The van der Waals surface area contributed by atoms with Crippen molar-refractivity contribution in [2.24, 2.45) is 0 Å². The molecule has 1 aliphatic heterocycles. The van der Waals surface area contributed by atoms with E-state index in [-0.39, 0.29) is 5.91 Å². The molecule has 74 valence electrons. The van der Waals surface area contributed by atoms with Crippen LogP contribution in [0.1, 0.15) is 32.1 Å². The van der Waals surface area contributed by atoms with Crippen molar-refractivity contribution >= 4 is 5.91 Å². The molecule has 2 fully saturated rings. The van der Waals surface area contributed by atoms with E-state index in [1.807, 2.05) is 11.9 Å². The van der Waals surface area contributed by atoms with Crippen LogP contribution >= 0.6 is 0 Å². The second kappa shape index (κ2) is 3.66. The van der Waals surface area contributed by atoms with E-state index in [1.54, 1.807) is 0 Å². The van der Waals surface area contributed by atoms with Crippen molar-refractivity contribution in [3.63, 3.8) is 0 Å². The summed E-state index contributed by atoms with van der Waals surface area (Å²) in [6.45, 7) is 1.50. The molecule has 1 saturated heterocycles. The predicted molar refractivity (Wildman–Crippen MR) is 51.2 cm³/mol. The maximum Gasteiger partial charge on any atom is 0.237 e. The molecule has 1 saturated carbocycles. The third-order valence-electron chi connectivity index (χ3n) is 3.25. The minimum absolute atomic E-state index is 0.283. The largest absolute Gasteiger partial charge is 0.332 e. The number of likely N-dealkylation sites (N-methyl/N-ethyl adjacent to an activating group) is 1. The molecule has 3 nitrogen and oxygen atoms in total. The molecule has 0 atom stereocenters. The Morgan fingerprint density at radius 1 is 1.23 bits per heavy atom. The smallest absolute Gasteiger partial charge is 0.237 e. The van der Waals surface area contributed by atoms with Crippen LogP contribution in [0.25, 0.3) is 0 Å². The number of hydrogen-bond acceptors (Lipinski definition) is 2. The summed E-state index contributed by atoms with van der Waals surface area (Å²) >= 11 is 0. The van der Waals surface area contributed by atoms with Crippen molar-refractivity contribution in [2.75, 3.05) is 20.3 Å². The SMILES string of the molecule is CN1CN(C2CCCCC2)CC1=O. The molecule has 2 aliphatic rings. The van der Waals surface area contributed by atoms with Gasteiger partial charge in [0.1, 0.15) is 0 Å². The van der Waals surface area contributed by atoms with Gasteiger partial charge in [-0.1, -0.05) is 19.3 Å². The van der Waals surface area contributed by atoms with Gasteiger partial charge in [0.05, 0.1) is 13.2 Å². The third kappa shape index (κ3) is 1.85. The van der Waals surface area contributed by atoms with E-state index in [4.69, 9.17) is 0 Å². The second-order valence-corrected chi connectivity index (χ2v) is 4.27. The lowest BCUT2D eigenvalue weighted by molar-refractivity contribution is -0.125. The van der Waals surface area contributed by atoms with E-state index in [0.29, 0.717) is 12.6 Å². The fourth-order valence-electron chi connectivity index (χ4n) is 2.39. The van der Waals surface area contributed by atoms with Gasteiger partial charge in [-0.15, -0.1) is 0 Å². The first-order chi connectivity index (χ1) is 6.27. The molecule has 0 aromatic carbocycles. The van der Waals surface area contributed by atoms with E-state index >= 15 is 0 Å². The van der Waals surface area contributed by atoms with E-state index in [2.05, 4.69) is 4.90 Å². The molecule has 0 spiro atoms. The molecule has 1 heterocycles. The normalized spacial score (nSPS) is 27.2. The summed E-state index contributed by atoms with van der Waals surface area (Å²) in [7, 11) is 1.89. The molecule has 1 amide bonds. The van der Waals surface area contributed by atoms with Gasteiger partial charge in [0.15, 0.2) is 0 Å². The number of nitrogens with zero attached hydrogens (tertiary/aromatic N) is 2. The van der Waals surface area contributed by atoms with E-state index in [0.717, 1.165) is 6.67 Å². The van der Waals surface area contributed by atoms with Gasteiger partial charge in [-0.05, 0) is 12.8 Å². The van der Waals surface area contributed by atoms with Crippen LogP contribution < -0.4 is 0 Å². The van der Waals surface area contributed by atoms with Crippen LogP contribution in [0.5, 0.6) is 0 Å². The van der Waals surface area contributed by atoms with Crippen LogP contribution in [0, 0.1) is 0 Å². The summed E-state index contributed by atoms with van der Waals surface area (Å²) in [5.41, 5.74) is 0. The van der Waals surface area contributed by atoms with E-state index in [9.17, 15) is 4.79 Å². The molecule has 0 N–H and O–H groups in total. The molecule has 0 aromatic heterocycles. The monoisotopic (exact) mass is 182 g/mol. The van der Waals surface area contributed by atoms with Gasteiger partial charge in [0.2, 0.25) is 5.91 Å². The van der Waals surface area contributed by atoms with Gasteiger partial charge in [-0.3, -0.25) is 9.69 Å². The fourth-order valence-corrected chi connectivity index (χ4v) is 2.39. The van der Waals surface area contributed by atoms with Crippen molar-refractivity contribution in [2.45, 2.75) is 38.1 Å². The lowest BCUT2D eigenvalue weighted by Crippen LogP contribution is -2.35. The predicted octanol–water partition coefficient (Wildman–Crippen LogP) is 1.05. The molecule has 2 rings (SSSR count). The number of amides is 1. The standard InChI is InChI=1S/C10H18N2O/c1-11-8-12(7-10(11)13)9-5-3-2-4-6-9/h9H,2-8H2,1H3. The minimum atomic E-state index is 0.283. The average Bonchev–Trinajstić information content (AvgIpc) is 2.49. The summed E-state index contributed by atoms with van der Waals surface area (Å²) < 4.78 is 0. The Labute approximate surface area is 79.7 Å². The molecular formula is C10H18N2O. The lowest BCUT2D eigenvalue weighted by atomic mass is 9.94. The zero-order valence-electron chi connectivity index (χ0n) is 8.33. The van der Waals surface area contributed by atoms with Crippen molar-refractivity contribution in [3.05, 3.63) is 0 Å². The molecule has 0 bridgehead atoms. The van der Waals surface area contributed by atoms with Gasteiger partial charge in [-0.25, -0.2) is 0 Å². The Kier molecular flexibility index (Phi) is 2.54. The number of hydrogen-bond donors (Lipinski definition) is 0. The Balaban J connectivity index is 1.90. The summed E-state index contributed by atoms with van der Waals surface area (Å²) in [5.74, 6) is 0.283. The zero-order valence-corrected chi connectivity index (χ0v) is 8.33. The van der Waals surface area contributed by atoms with Gasteiger partial charge in [-0.2, -0.15) is 0 Å². The van der Waals surface area contributed by atoms with Crippen molar-refractivity contribution < 1.29 is 4.79 Å². The number of carbonyl (C=O) groups is 1. The highest BCUT2D eigenvalue weighted by Gasteiger charge is 2.30. The number of carbonyl (C=O) groups excluding carboxylic acids is 1. The first kappa shape index (κ1) is 9.00. The molecule has 13 heavy (non-hydrogen) atoms. The average molecular weight is 182 g/mol. The molecule has 1 aliphatic carbocycles. The molecule has 3 heteroatoms. The van der Waals surface area contributed by atoms with Gasteiger partial charge in [0, 0.05) is 13.1 Å². The second-order valence-electron chi connectivity index (χ2n) is 4.27. The molecular weight excluding hydrogens is 164 g/mol. The summed E-state index contributed by atoms with van der Waals surface area (Å²) in [5, 5.41) is 0. The van der Waals surface area contributed by atoms with Crippen LogP contribution in [0.15, 0.2) is 0 Å². The van der Waals surface area contributed by atoms with Gasteiger partial charge >= 0.3 is 0 Å². The zero-order chi connectivity index (χ0) is 9.26. The topological polar surface area (TPSA) is 23.6 Å². The Hall–Kier alpha value is -0.570. The first-order valence-electron chi connectivity index (χ1n) is 5.25. The molecule has 0 aromatic rings. The molecule has 0 radical (unpaired) electrons. The van der Waals surface area contributed by atoms with Gasteiger partial charge < -0.3 is 4.90 Å². The van der Waals surface area contributed by atoms with Crippen LogP contribution in [-0.4, -0.2) is 42.0 Å². The maximum absolute atomic E-state index is 11.3. The lowest BCUT2D eigenvalue weighted by Gasteiger charge is -2.29. The maximum atomic E-state index is 11.3. The van der Waals surface area contributed by atoms with E-state index in [1.165, 1.54) is 32.1 Å². The van der Waals surface area contributed by atoms with Crippen LogP contribution in [0.2, 0.25) is 0 Å². The van der Waals surface area contributed by atoms with Crippen molar-refractivity contribution in [1.82, 2.24) is 9.80 Å². The van der Waals surface area contributed by atoms with Crippen molar-refractivity contribution in [3.8, 4) is 0 Å². The quantitative estimate of drug-likeness (QED) is 0.605. The summed E-state index contributed by atoms with van der Waals surface area (Å²) in [6, 6.07) is 0.683. The summed E-state index contributed by atoms with van der Waals surface area (Å²) in [6.07, 6.45) is 6.66. The highest BCUT2D eigenvalue weighted by molar-refractivity contribution is 5.79. The highest BCUT2D eigenvalue weighted by atomic mass is 16.2. The Morgan fingerprint density at radius 3 is 2.46 bits per heavy atom. The van der Waals surface area contributed by atoms with Crippen LogP contribution in [0.3, 0.4) is 0 Å². The van der Waals surface area contributed by atoms with Gasteiger partial charge in [0.25, 0.3) is 0 Å². The fraction of sp³-hybridized carbons (Fsp3) is 0.900. The molecule has 0 unspecified atom stereocenters. The first-order valence-corrected chi connectivity index (χ1v) is 5.25. The highest BCUT2D eigenvalue weighted by Crippen LogP contribution is 2.24.